The normalized spacial score (nSPS) is 22.4. The topological polar surface area (TPSA) is 63.6 Å². The number of halogens is 3. The third-order valence-electron chi connectivity index (χ3n) is 7.61. The molecule has 0 radical (unpaired) electrons. The van der Waals surface area contributed by atoms with Gasteiger partial charge in [-0.05, 0) is 65.6 Å². The Bertz CT molecular complexity index is 1230. The molecule has 3 saturated heterocycles. The van der Waals surface area contributed by atoms with Crippen LogP contribution in [0.4, 0.5) is 8.78 Å². The van der Waals surface area contributed by atoms with E-state index in [0.29, 0.717) is 27.7 Å². The van der Waals surface area contributed by atoms with E-state index in [-0.39, 0.29) is 41.0 Å². The number of rotatable bonds is 7. The van der Waals surface area contributed by atoms with Gasteiger partial charge in [-0.2, -0.15) is 0 Å². The summed E-state index contributed by atoms with van der Waals surface area (Å²) in [6.07, 6.45) is 0.687. The molecule has 3 aliphatic rings. The summed E-state index contributed by atoms with van der Waals surface area (Å²) in [6.45, 7) is 2.40. The monoisotopic (exact) mass is 571 g/mol. The van der Waals surface area contributed by atoms with E-state index in [4.69, 9.17) is 4.74 Å². The number of carbonyl (C=O) groups excluding carboxylic acids is 2. The van der Waals surface area contributed by atoms with Crippen molar-refractivity contribution in [3.63, 3.8) is 0 Å². The number of Topliss-reactive ketones (excluding diaryl/α,β-unsaturated/α-hetero) is 1. The van der Waals surface area contributed by atoms with Gasteiger partial charge in [-0.3, -0.25) is 9.59 Å². The number of phenolic OH excluding ortho intramolecular Hbond substituents is 1. The first kappa shape index (κ1) is 26.9. The number of aromatic hydroxyl groups is 1. The summed E-state index contributed by atoms with van der Waals surface area (Å²) < 4.78 is 34.5. The maximum Gasteiger partial charge on any atom is 0.315 e. The fourth-order valence-electron chi connectivity index (χ4n) is 5.69. The van der Waals surface area contributed by atoms with Crippen LogP contribution >= 0.6 is 0 Å². The van der Waals surface area contributed by atoms with Crippen LogP contribution in [0.2, 0.25) is 0 Å². The number of fused-ring (bicyclic) bond motifs is 3. The van der Waals surface area contributed by atoms with Crippen LogP contribution in [-0.2, 0) is 9.53 Å². The SMILES string of the molecule is O=C(C[N+]12CCC(CC1)C(C(=O)OC(c1cccc(F)c1)c1cccc(F)c1)C2)c1ccc(O)cc1.[Br-]. The number of piperidine rings is 3. The van der Waals surface area contributed by atoms with Crippen molar-refractivity contribution in [3.8, 4) is 5.75 Å². The van der Waals surface area contributed by atoms with Crippen LogP contribution in [0, 0.1) is 23.5 Å². The minimum atomic E-state index is -0.938. The number of nitrogens with zero attached hydrogens (tertiary/aromatic N) is 1. The third-order valence-corrected chi connectivity index (χ3v) is 7.61. The standard InChI is InChI=1S/C29H27F2NO4.BrH/c30-23-5-1-3-21(15-23)28(22-4-2-6-24(31)16-22)36-29(35)26-17-32(13-11-19(26)12-14-32)18-27(34)20-7-9-25(33)10-8-20;/h1-10,15-16,19,26,28H,11-14,17-18H2;1H. The first-order valence-electron chi connectivity index (χ1n) is 12.2. The van der Waals surface area contributed by atoms with Gasteiger partial charge in [-0.15, -0.1) is 0 Å². The molecular formula is C29H28BrF2NO4. The molecule has 2 bridgehead atoms. The lowest BCUT2D eigenvalue weighted by Crippen LogP contribution is -3.00. The Morgan fingerprint density at radius 2 is 1.49 bits per heavy atom. The summed E-state index contributed by atoms with van der Waals surface area (Å²) in [4.78, 5) is 26.5. The Hall–Kier alpha value is -3.10. The van der Waals surface area contributed by atoms with Crippen molar-refractivity contribution in [2.75, 3.05) is 26.2 Å². The van der Waals surface area contributed by atoms with Gasteiger partial charge < -0.3 is 31.3 Å². The van der Waals surface area contributed by atoms with E-state index in [2.05, 4.69) is 0 Å². The highest BCUT2D eigenvalue weighted by molar-refractivity contribution is 5.97. The summed E-state index contributed by atoms with van der Waals surface area (Å²) in [6, 6.07) is 17.8. The van der Waals surface area contributed by atoms with E-state index in [1.165, 1.54) is 48.5 Å². The predicted molar refractivity (Wildman–Crippen MR) is 129 cm³/mol. The van der Waals surface area contributed by atoms with E-state index in [0.717, 1.165) is 25.9 Å². The smallest absolute Gasteiger partial charge is 0.315 e. The molecule has 3 aromatic carbocycles. The second kappa shape index (κ2) is 11.1. The van der Waals surface area contributed by atoms with Crippen LogP contribution in [0.3, 0.4) is 0 Å². The van der Waals surface area contributed by atoms with Crippen LogP contribution < -0.4 is 17.0 Å². The maximum absolute atomic E-state index is 14.0. The summed E-state index contributed by atoms with van der Waals surface area (Å²) in [5.74, 6) is -1.51. The van der Waals surface area contributed by atoms with Gasteiger partial charge in [0.2, 0.25) is 5.78 Å². The zero-order valence-corrected chi connectivity index (χ0v) is 21.7. The molecular weight excluding hydrogens is 544 g/mol. The number of benzene rings is 3. The first-order chi connectivity index (χ1) is 17.3. The number of esters is 1. The number of ketones is 1. The van der Waals surface area contributed by atoms with Crippen molar-refractivity contribution in [1.29, 1.82) is 0 Å². The van der Waals surface area contributed by atoms with Gasteiger partial charge in [0.1, 0.15) is 29.8 Å². The number of ether oxygens (including phenoxy) is 1. The van der Waals surface area contributed by atoms with E-state index < -0.39 is 29.6 Å². The van der Waals surface area contributed by atoms with Gasteiger partial charge in [-0.25, -0.2) is 8.78 Å². The largest absolute Gasteiger partial charge is 1.00 e. The lowest BCUT2D eigenvalue weighted by atomic mass is 9.76. The Morgan fingerprint density at radius 3 is 2.03 bits per heavy atom. The molecule has 194 valence electrons. The molecule has 0 spiro atoms. The number of hydrogen-bond donors (Lipinski definition) is 1. The predicted octanol–water partition coefficient (Wildman–Crippen LogP) is 2.05. The highest BCUT2D eigenvalue weighted by atomic mass is 79.9. The molecule has 0 saturated carbocycles. The zero-order valence-electron chi connectivity index (χ0n) is 20.2. The van der Waals surface area contributed by atoms with Gasteiger partial charge in [0, 0.05) is 18.4 Å². The van der Waals surface area contributed by atoms with E-state index in [1.54, 1.807) is 24.3 Å². The molecule has 5 nitrogen and oxygen atoms in total. The van der Waals surface area contributed by atoms with Crippen molar-refractivity contribution < 1.29 is 49.7 Å². The van der Waals surface area contributed by atoms with E-state index >= 15 is 0 Å². The van der Waals surface area contributed by atoms with Gasteiger partial charge in [0.15, 0.2) is 6.10 Å². The van der Waals surface area contributed by atoms with Crippen LogP contribution in [0.1, 0.15) is 40.4 Å². The summed E-state index contributed by atoms with van der Waals surface area (Å²) in [5.41, 5.74) is 1.40. The minimum Gasteiger partial charge on any atom is -1.00 e. The summed E-state index contributed by atoms with van der Waals surface area (Å²) >= 11 is 0. The molecule has 1 N–H and O–H groups in total. The Balaban J connectivity index is 0.00000320. The molecule has 1 atom stereocenters. The molecule has 6 rings (SSSR count). The van der Waals surface area contributed by atoms with Gasteiger partial charge in [0.25, 0.3) is 0 Å². The fraction of sp³-hybridized carbons (Fsp3) is 0.310. The number of phenols is 1. The fourth-order valence-corrected chi connectivity index (χ4v) is 5.69. The molecule has 3 fully saturated rings. The molecule has 0 aliphatic carbocycles. The highest BCUT2D eigenvalue weighted by Gasteiger charge is 2.50. The van der Waals surface area contributed by atoms with Crippen LogP contribution in [-0.4, -0.2) is 47.5 Å². The average molecular weight is 572 g/mol. The van der Waals surface area contributed by atoms with E-state index in [1.807, 2.05) is 0 Å². The van der Waals surface area contributed by atoms with Crippen molar-refractivity contribution in [3.05, 3.63) is 101 Å². The lowest BCUT2D eigenvalue weighted by Gasteiger charge is -2.51. The molecule has 37 heavy (non-hydrogen) atoms. The molecule has 8 heteroatoms. The third kappa shape index (κ3) is 5.91. The van der Waals surface area contributed by atoms with Crippen LogP contribution in [0.5, 0.6) is 5.75 Å². The number of hydrogen-bond acceptors (Lipinski definition) is 4. The second-order valence-corrected chi connectivity index (χ2v) is 9.97. The number of carbonyl (C=O) groups is 2. The summed E-state index contributed by atoms with van der Waals surface area (Å²) in [5, 5.41) is 9.52. The zero-order chi connectivity index (χ0) is 25.3. The lowest BCUT2D eigenvalue weighted by molar-refractivity contribution is -0.938. The highest BCUT2D eigenvalue weighted by Crippen LogP contribution is 2.40. The first-order valence-corrected chi connectivity index (χ1v) is 12.2. The van der Waals surface area contributed by atoms with Crippen molar-refractivity contribution >= 4 is 11.8 Å². The van der Waals surface area contributed by atoms with Gasteiger partial charge >= 0.3 is 5.97 Å². The van der Waals surface area contributed by atoms with Crippen LogP contribution in [0.25, 0.3) is 0 Å². The molecule has 0 amide bonds. The van der Waals surface area contributed by atoms with Crippen molar-refractivity contribution in [2.45, 2.75) is 18.9 Å². The average Bonchev–Trinajstić information content (AvgIpc) is 2.88. The molecule has 3 aliphatic heterocycles. The number of quaternary nitrogens is 1. The van der Waals surface area contributed by atoms with Gasteiger partial charge in [-0.1, -0.05) is 24.3 Å². The molecule has 3 aromatic rings. The van der Waals surface area contributed by atoms with Crippen molar-refractivity contribution in [2.24, 2.45) is 11.8 Å². The Kier molecular flexibility index (Phi) is 8.09. The van der Waals surface area contributed by atoms with Crippen LogP contribution in [0.15, 0.2) is 72.8 Å². The van der Waals surface area contributed by atoms with E-state index in [9.17, 15) is 23.5 Å². The molecule has 1 unspecified atom stereocenters. The quantitative estimate of drug-likeness (QED) is 0.268. The van der Waals surface area contributed by atoms with Crippen molar-refractivity contribution in [1.82, 2.24) is 0 Å². The molecule has 3 heterocycles. The second-order valence-electron chi connectivity index (χ2n) is 9.97. The maximum atomic E-state index is 14.0. The Morgan fingerprint density at radius 1 is 0.919 bits per heavy atom. The van der Waals surface area contributed by atoms with Gasteiger partial charge in [0.05, 0.1) is 19.6 Å². The Labute approximate surface area is 225 Å². The molecule has 0 aromatic heterocycles. The summed E-state index contributed by atoms with van der Waals surface area (Å²) in [7, 11) is 0. The minimum absolute atomic E-state index is 0.